The number of hydrogen-bond acceptors (Lipinski definition) is 6. The molecule has 0 bridgehead atoms. The van der Waals surface area contributed by atoms with Gasteiger partial charge in [0.2, 0.25) is 5.95 Å². The van der Waals surface area contributed by atoms with Gasteiger partial charge in [-0.1, -0.05) is 0 Å². The fourth-order valence-electron chi connectivity index (χ4n) is 2.62. The standard InChI is InChI=1S/C14H20N6O/c1-15-10-4-7-20(8-5-10)14-17-13(18-19-14)11-3-6-16-9-12(11)21-2/h3,6,9-10,15H,4-5,7-8H2,1-2H3,(H,17,18,19). The highest BCUT2D eigenvalue weighted by Gasteiger charge is 2.21. The van der Waals surface area contributed by atoms with Gasteiger partial charge in [0.25, 0.3) is 0 Å². The molecule has 0 saturated carbocycles. The monoisotopic (exact) mass is 288 g/mol. The fourth-order valence-corrected chi connectivity index (χ4v) is 2.62. The van der Waals surface area contributed by atoms with Crippen LogP contribution in [-0.4, -0.2) is 53.5 Å². The number of nitrogens with one attached hydrogen (secondary N) is 2. The molecule has 0 atom stereocenters. The lowest BCUT2D eigenvalue weighted by molar-refractivity contribution is 0.414. The Hall–Kier alpha value is -2.15. The molecule has 7 heteroatoms. The van der Waals surface area contributed by atoms with E-state index in [1.807, 2.05) is 13.1 Å². The summed E-state index contributed by atoms with van der Waals surface area (Å²) in [6, 6.07) is 2.47. The van der Waals surface area contributed by atoms with E-state index in [1.54, 1.807) is 19.5 Å². The zero-order valence-corrected chi connectivity index (χ0v) is 12.3. The van der Waals surface area contributed by atoms with Crippen LogP contribution in [0.5, 0.6) is 5.75 Å². The number of pyridine rings is 1. The van der Waals surface area contributed by atoms with Gasteiger partial charge in [-0.3, -0.25) is 10.1 Å². The van der Waals surface area contributed by atoms with Crippen molar-refractivity contribution >= 4 is 5.95 Å². The number of anilines is 1. The molecule has 0 aliphatic carbocycles. The first-order valence-corrected chi connectivity index (χ1v) is 7.15. The molecule has 0 aromatic carbocycles. The highest BCUT2D eigenvalue weighted by atomic mass is 16.5. The number of aromatic amines is 1. The molecular weight excluding hydrogens is 268 g/mol. The van der Waals surface area contributed by atoms with Gasteiger partial charge in [0.05, 0.1) is 18.9 Å². The molecule has 7 nitrogen and oxygen atoms in total. The van der Waals surface area contributed by atoms with Crippen molar-refractivity contribution < 1.29 is 4.74 Å². The van der Waals surface area contributed by atoms with Gasteiger partial charge < -0.3 is 15.0 Å². The Balaban J connectivity index is 1.78. The first-order chi connectivity index (χ1) is 10.3. The second-order valence-electron chi connectivity index (χ2n) is 5.11. The third-order valence-corrected chi connectivity index (χ3v) is 3.92. The number of hydrogen-bond donors (Lipinski definition) is 2. The number of rotatable bonds is 4. The highest BCUT2D eigenvalue weighted by molar-refractivity contribution is 5.63. The van der Waals surface area contributed by atoms with E-state index < -0.39 is 0 Å². The third kappa shape index (κ3) is 2.82. The number of methoxy groups -OCH3 is 1. The first kappa shape index (κ1) is 13.8. The lowest BCUT2D eigenvalue weighted by atomic mass is 10.1. The van der Waals surface area contributed by atoms with E-state index in [0.29, 0.717) is 17.6 Å². The minimum atomic E-state index is 0.597. The number of nitrogens with zero attached hydrogens (tertiary/aromatic N) is 4. The van der Waals surface area contributed by atoms with Gasteiger partial charge in [0, 0.05) is 25.3 Å². The molecule has 112 valence electrons. The molecule has 1 aliphatic heterocycles. The minimum Gasteiger partial charge on any atom is -0.494 e. The van der Waals surface area contributed by atoms with Crippen LogP contribution in [0.4, 0.5) is 5.95 Å². The van der Waals surface area contributed by atoms with Gasteiger partial charge in [-0.2, -0.15) is 4.98 Å². The Morgan fingerprint density at radius 1 is 1.38 bits per heavy atom. The molecule has 0 unspecified atom stereocenters. The molecule has 1 fully saturated rings. The van der Waals surface area contributed by atoms with E-state index in [2.05, 4.69) is 30.4 Å². The molecule has 2 aromatic heterocycles. The lowest BCUT2D eigenvalue weighted by Crippen LogP contribution is -2.41. The van der Waals surface area contributed by atoms with Gasteiger partial charge in [0.15, 0.2) is 5.82 Å². The topological polar surface area (TPSA) is 79.0 Å². The predicted octanol–water partition coefficient (Wildman–Crippen LogP) is 1.06. The maximum Gasteiger partial charge on any atom is 0.245 e. The van der Waals surface area contributed by atoms with E-state index >= 15 is 0 Å². The molecule has 0 amide bonds. The zero-order valence-electron chi connectivity index (χ0n) is 12.3. The summed E-state index contributed by atoms with van der Waals surface area (Å²) < 4.78 is 5.31. The van der Waals surface area contributed by atoms with Crippen LogP contribution >= 0.6 is 0 Å². The van der Waals surface area contributed by atoms with Crippen LogP contribution in [0.3, 0.4) is 0 Å². The normalized spacial score (nSPS) is 16.2. The van der Waals surface area contributed by atoms with Gasteiger partial charge in [-0.25, -0.2) is 0 Å². The van der Waals surface area contributed by atoms with Crippen LogP contribution in [-0.2, 0) is 0 Å². The van der Waals surface area contributed by atoms with Gasteiger partial charge in [-0.05, 0) is 26.0 Å². The van der Waals surface area contributed by atoms with Crippen LogP contribution in [0.2, 0.25) is 0 Å². The van der Waals surface area contributed by atoms with E-state index in [-0.39, 0.29) is 0 Å². The van der Waals surface area contributed by atoms with Crippen molar-refractivity contribution in [1.29, 1.82) is 0 Å². The van der Waals surface area contributed by atoms with Crippen molar-refractivity contribution in [2.45, 2.75) is 18.9 Å². The van der Waals surface area contributed by atoms with Crippen molar-refractivity contribution in [2.75, 3.05) is 32.1 Å². The highest BCUT2D eigenvalue weighted by Crippen LogP contribution is 2.27. The summed E-state index contributed by atoms with van der Waals surface area (Å²) in [5.41, 5.74) is 0.872. The van der Waals surface area contributed by atoms with Crippen LogP contribution in [0, 0.1) is 0 Å². The SMILES string of the molecule is CNC1CCN(c2n[nH]c(-c3ccncc3OC)n2)CC1. The molecule has 2 aromatic rings. The summed E-state index contributed by atoms with van der Waals surface area (Å²) in [5.74, 6) is 2.15. The quantitative estimate of drug-likeness (QED) is 0.876. The molecule has 21 heavy (non-hydrogen) atoms. The summed E-state index contributed by atoms with van der Waals surface area (Å²) in [7, 11) is 3.64. The lowest BCUT2D eigenvalue weighted by Gasteiger charge is -2.30. The Morgan fingerprint density at radius 3 is 2.90 bits per heavy atom. The summed E-state index contributed by atoms with van der Waals surface area (Å²) in [6.07, 6.45) is 5.62. The number of aromatic nitrogens is 4. The maximum absolute atomic E-state index is 5.31. The predicted molar refractivity (Wildman–Crippen MR) is 80.5 cm³/mol. The van der Waals surface area contributed by atoms with Gasteiger partial charge in [0.1, 0.15) is 5.75 Å². The Bertz CT molecular complexity index is 591. The molecular formula is C14H20N6O. The Labute approximate surface area is 123 Å². The molecule has 3 rings (SSSR count). The second kappa shape index (κ2) is 6.09. The number of H-pyrrole nitrogens is 1. The van der Waals surface area contributed by atoms with Crippen LogP contribution in [0.15, 0.2) is 18.5 Å². The Morgan fingerprint density at radius 2 is 2.19 bits per heavy atom. The summed E-state index contributed by atoms with van der Waals surface area (Å²) in [5, 5.41) is 10.7. The first-order valence-electron chi connectivity index (χ1n) is 7.15. The molecule has 0 spiro atoms. The summed E-state index contributed by atoms with van der Waals surface area (Å²) >= 11 is 0. The molecule has 3 heterocycles. The molecule has 1 saturated heterocycles. The maximum atomic E-state index is 5.31. The van der Waals surface area contributed by atoms with Crippen LogP contribution < -0.4 is 15.0 Å². The van der Waals surface area contributed by atoms with Gasteiger partial charge in [-0.15, -0.1) is 5.10 Å². The summed E-state index contributed by atoms with van der Waals surface area (Å²) in [4.78, 5) is 10.9. The van der Waals surface area contributed by atoms with Crippen molar-refractivity contribution in [2.24, 2.45) is 0 Å². The van der Waals surface area contributed by atoms with E-state index in [4.69, 9.17) is 4.74 Å². The second-order valence-corrected chi connectivity index (χ2v) is 5.11. The van der Waals surface area contributed by atoms with E-state index in [1.165, 1.54) is 0 Å². The van der Waals surface area contributed by atoms with Crippen molar-refractivity contribution in [3.05, 3.63) is 18.5 Å². The fraction of sp³-hybridized carbons (Fsp3) is 0.500. The van der Waals surface area contributed by atoms with E-state index in [0.717, 1.165) is 37.4 Å². The number of ether oxygens (including phenoxy) is 1. The largest absolute Gasteiger partial charge is 0.494 e. The Kier molecular flexibility index (Phi) is 4.01. The average Bonchev–Trinajstić information content (AvgIpc) is 3.04. The van der Waals surface area contributed by atoms with Crippen molar-refractivity contribution in [3.63, 3.8) is 0 Å². The van der Waals surface area contributed by atoms with Crippen LogP contribution in [0.1, 0.15) is 12.8 Å². The number of piperidine rings is 1. The average molecular weight is 288 g/mol. The minimum absolute atomic E-state index is 0.597. The van der Waals surface area contributed by atoms with E-state index in [9.17, 15) is 0 Å². The molecule has 0 radical (unpaired) electrons. The zero-order chi connectivity index (χ0) is 14.7. The summed E-state index contributed by atoms with van der Waals surface area (Å²) in [6.45, 7) is 1.94. The molecule has 2 N–H and O–H groups in total. The van der Waals surface area contributed by atoms with Gasteiger partial charge >= 0.3 is 0 Å². The van der Waals surface area contributed by atoms with Crippen molar-refractivity contribution in [3.8, 4) is 17.1 Å². The van der Waals surface area contributed by atoms with Crippen molar-refractivity contribution in [1.82, 2.24) is 25.5 Å². The van der Waals surface area contributed by atoms with Crippen LogP contribution in [0.25, 0.3) is 11.4 Å². The molecule has 1 aliphatic rings. The third-order valence-electron chi connectivity index (χ3n) is 3.92. The smallest absolute Gasteiger partial charge is 0.245 e.